The second-order valence-electron chi connectivity index (χ2n) is 5.25. The molecule has 0 aliphatic rings. The van der Waals surface area contributed by atoms with Gasteiger partial charge in [-0.25, -0.2) is 0 Å². The Morgan fingerprint density at radius 3 is 2.30 bits per heavy atom. The Hall–Kier alpha value is -2.52. The van der Waals surface area contributed by atoms with Crippen molar-refractivity contribution in [3.63, 3.8) is 0 Å². The zero-order chi connectivity index (χ0) is 16.1. The molecule has 1 aromatic heterocycles. The molecule has 3 rings (SSSR count). The van der Waals surface area contributed by atoms with Gasteiger partial charge in [-0.2, -0.15) is 0 Å². The monoisotopic (exact) mass is 324 g/mol. The Balaban J connectivity index is 1.80. The zero-order valence-corrected chi connectivity index (χ0v) is 13.3. The van der Waals surface area contributed by atoms with E-state index in [9.17, 15) is 4.79 Å². The van der Waals surface area contributed by atoms with E-state index in [2.05, 4.69) is 5.32 Å². The molecule has 1 amide bonds. The number of rotatable bonds is 5. The van der Waals surface area contributed by atoms with E-state index < -0.39 is 6.04 Å². The molecule has 0 radical (unpaired) electrons. The summed E-state index contributed by atoms with van der Waals surface area (Å²) >= 11 is 6.15. The van der Waals surface area contributed by atoms with Crippen LogP contribution in [-0.2, 0) is 11.3 Å². The number of hydrogen-bond acceptors (Lipinski definition) is 1. The van der Waals surface area contributed by atoms with Crippen molar-refractivity contribution >= 4 is 17.5 Å². The predicted molar refractivity (Wildman–Crippen MR) is 92.3 cm³/mol. The SMILES string of the molecule is O=C(NCc1ccccc1Cl)C(c1ccccc1)n1cccc1. The van der Waals surface area contributed by atoms with Crippen LogP contribution >= 0.6 is 11.6 Å². The van der Waals surface area contributed by atoms with E-state index in [-0.39, 0.29) is 5.91 Å². The van der Waals surface area contributed by atoms with E-state index >= 15 is 0 Å². The molecule has 4 heteroatoms. The van der Waals surface area contributed by atoms with E-state index in [4.69, 9.17) is 11.6 Å². The first-order valence-electron chi connectivity index (χ1n) is 7.44. The van der Waals surface area contributed by atoms with Gasteiger partial charge >= 0.3 is 0 Å². The summed E-state index contributed by atoms with van der Waals surface area (Å²) in [7, 11) is 0. The average molecular weight is 325 g/mol. The van der Waals surface area contributed by atoms with Crippen molar-refractivity contribution in [3.8, 4) is 0 Å². The van der Waals surface area contributed by atoms with E-state index in [1.54, 1.807) is 0 Å². The maximum absolute atomic E-state index is 12.8. The third-order valence-corrected chi connectivity index (χ3v) is 4.07. The van der Waals surface area contributed by atoms with Crippen molar-refractivity contribution in [1.82, 2.24) is 9.88 Å². The molecule has 0 spiro atoms. The first kappa shape index (κ1) is 15.4. The van der Waals surface area contributed by atoms with Gasteiger partial charge in [-0.15, -0.1) is 0 Å². The lowest BCUT2D eigenvalue weighted by atomic mass is 10.1. The second-order valence-corrected chi connectivity index (χ2v) is 5.66. The smallest absolute Gasteiger partial charge is 0.247 e. The van der Waals surface area contributed by atoms with Crippen LogP contribution in [0.15, 0.2) is 79.1 Å². The molecule has 1 heterocycles. The van der Waals surface area contributed by atoms with Gasteiger partial charge in [-0.1, -0.05) is 60.1 Å². The summed E-state index contributed by atoms with van der Waals surface area (Å²) in [5.74, 6) is -0.0627. The highest BCUT2D eigenvalue weighted by Gasteiger charge is 2.21. The van der Waals surface area contributed by atoms with Gasteiger partial charge in [0.1, 0.15) is 6.04 Å². The van der Waals surface area contributed by atoms with Crippen molar-refractivity contribution in [3.05, 3.63) is 95.3 Å². The summed E-state index contributed by atoms with van der Waals surface area (Å²) in [6, 6.07) is 20.7. The van der Waals surface area contributed by atoms with Gasteiger partial charge in [0.2, 0.25) is 5.91 Å². The van der Waals surface area contributed by atoms with Crippen LogP contribution in [0.1, 0.15) is 17.2 Å². The topological polar surface area (TPSA) is 34.0 Å². The highest BCUT2D eigenvalue weighted by atomic mass is 35.5. The summed E-state index contributed by atoms with van der Waals surface area (Å²) in [6.07, 6.45) is 3.79. The van der Waals surface area contributed by atoms with Crippen LogP contribution in [0.25, 0.3) is 0 Å². The molecule has 2 aromatic carbocycles. The Bertz CT molecular complexity index is 769. The van der Waals surface area contributed by atoms with Crippen LogP contribution < -0.4 is 5.32 Å². The minimum Gasteiger partial charge on any atom is -0.350 e. The first-order valence-corrected chi connectivity index (χ1v) is 7.82. The van der Waals surface area contributed by atoms with Gasteiger partial charge in [0.25, 0.3) is 0 Å². The van der Waals surface area contributed by atoms with Crippen molar-refractivity contribution < 1.29 is 4.79 Å². The van der Waals surface area contributed by atoms with E-state index in [0.717, 1.165) is 11.1 Å². The van der Waals surface area contributed by atoms with Crippen molar-refractivity contribution in [2.24, 2.45) is 0 Å². The summed E-state index contributed by atoms with van der Waals surface area (Å²) in [5, 5.41) is 3.64. The van der Waals surface area contributed by atoms with Crippen LogP contribution in [0, 0.1) is 0 Å². The van der Waals surface area contributed by atoms with Gasteiger partial charge in [0.05, 0.1) is 0 Å². The number of aromatic nitrogens is 1. The van der Waals surface area contributed by atoms with Crippen molar-refractivity contribution in [2.75, 3.05) is 0 Å². The molecule has 1 atom stereocenters. The summed E-state index contributed by atoms with van der Waals surface area (Å²) in [5.41, 5.74) is 1.85. The number of carbonyl (C=O) groups excluding carboxylic acids is 1. The molecule has 116 valence electrons. The van der Waals surface area contributed by atoms with Gasteiger partial charge in [-0.3, -0.25) is 4.79 Å². The molecular formula is C19H17ClN2O. The molecule has 3 aromatic rings. The molecular weight excluding hydrogens is 308 g/mol. The number of nitrogens with one attached hydrogen (secondary N) is 1. The van der Waals surface area contributed by atoms with Crippen LogP contribution in [0.4, 0.5) is 0 Å². The normalized spacial score (nSPS) is 11.9. The fraction of sp³-hybridized carbons (Fsp3) is 0.105. The van der Waals surface area contributed by atoms with E-state index in [1.165, 1.54) is 0 Å². The third kappa shape index (κ3) is 3.63. The molecule has 0 bridgehead atoms. The van der Waals surface area contributed by atoms with Gasteiger partial charge < -0.3 is 9.88 Å². The lowest BCUT2D eigenvalue weighted by Crippen LogP contribution is -2.32. The molecule has 0 aliphatic carbocycles. The van der Waals surface area contributed by atoms with Crippen molar-refractivity contribution in [1.29, 1.82) is 0 Å². The van der Waals surface area contributed by atoms with Crippen LogP contribution in [0.2, 0.25) is 5.02 Å². The van der Waals surface area contributed by atoms with Gasteiger partial charge in [0, 0.05) is 24.0 Å². The predicted octanol–water partition coefficient (Wildman–Crippen LogP) is 4.05. The standard InChI is InChI=1S/C19H17ClN2O/c20-17-11-5-4-10-16(17)14-21-19(23)18(22-12-6-7-13-22)15-8-2-1-3-9-15/h1-13,18H,14H2,(H,21,23). The average Bonchev–Trinajstić information content (AvgIpc) is 3.09. The van der Waals surface area contributed by atoms with E-state index in [0.29, 0.717) is 11.6 Å². The fourth-order valence-electron chi connectivity index (χ4n) is 2.53. The highest BCUT2D eigenvalue weighted by Crippen LogP contribution is 2.20. The minimum absolute atomic E-state index is 0.0627. The Morgan fingerprint density at radius 1 is 0.957 bits per heavy atom. The number of benzene rings is 2. The molecule has 0 saturated carbocycles. The number of amides is 1. The summed E-state index contributed by atoms with van der Waals surface area (Å²) in [6.45, 7) is 0.406. The Morgan fingerprint density at radius 2 is 1.61 bits per heavy atom. The van der Waals surface area contributed by atoms with Crippen LogP contribution in [0.5, 0.6) is 0 Å². The second kappa shape index (κ2) is 7.16. The highest BCUT2D eigenvalue weighted by molar-refractivity contribution is 6.31. The molecule has 1 N–H and O–H groups in total. The van der Waals surface area contributed by atoms with Crippen molar-refractivity contribution in [2.45, 2.75) is 12.6 Å². The number of nitrogens with zero attached hydrogens (tertiary/aromatic N) is 1. The van der Waals surface area contributed by atoms with Crippen LogP contribution in [-0.4, -0.2) is 10.5 Å². The quantitative estimate of drug-likeness (QED) is 0.755. The molecule has 0 saturated heterocycles. The minimum atomic E-state index is -0.395. The molecule has 23 heavy (non-hydrogen) atoms. The van der Waals surface area contributed by atoms with E-state index in [1.807, 2.05) is 83.7 Å². The lowest BCUT2D eigenvalue weighted by molar-refractivity contribution is -0.123. The summed E-state index contributed by atoms with van der Waals surface area (Å²) < 4.78 is 1.90. The van der Waals surface area contributed by atoms with Crippen LogP contribution in [0.3, 0.4) is 0 Å². The third-order valence-electron chi connectivity index (χ3n) is 3.70. The maximum atomic E-state index is 12.8. The van der Waals surface area contributed by atoms with Gasteiger partial charge in [0.15, 0.2) is 0 Å². The number of halogens is 1. The Labute approximate surface area is 140 Å². The number of carbonyl (C=O) groups is 1. The molecule has 1 unspecified atom stereocenters. The zero-order valence-electron chi connectivity index (χ0n) is 12.5. The molecule has 0 aliphatic heterocycles. The largest absolute Gasteiger partial charge is 0.350 e. The van der Waals surface area contributed by atoms with Gasteiger partial charge in [-0.05, 0) is 29.3 Å². The maximum Gasteiger partial charge on any atom is 0.247 e. The number of hydrogen-bond donors (Lipinski definition) is 1. The molecule has 0 fully saturated rings. The first-order chi connectivity index (χ1) is 11.3. The lowest BCUT2D eigenvalue weighted by Gasteiger charge is -2.19. The Kier molecular flexibility index (Phi) is 4.79. The summed E-state index contributed by atoms with van der Waals surface area (Å²) in [4.78, 5) is 12.8. The molecule has 3 nitrogen and oxygen atoms in total. The fourth-order valence-corrected chi connectivity index (χ4v) is 2.74.